The molecule has 0 spiro atoms. The molecule has 112 valence electrons. The van der Waals surface area contributed by atoms with Crippen molar-refractivity contribution in [2.75, 3.05) is 18.9 Å². The quantitative estimate of drug-likeness (QED) is 0.633. The zero-order valence-corrected chi connectivity index (χ0v) is 12.2. The van der Waals surface area contributed by atoms with E-state index in [0.29, 0.717) is 30.9 Å². The van der Waals surface area contributed by atoms with Crippen molar-refractivity contribution < 1.29 is 14.6 Å². The van der Waals surface area contributed by atoms with Crippen molar-refractivity contribution in [2.45, 2.75) is 38.7 Å². The molecule has 0 bridgehead atoms. The zero-order valence-electron chi connectivity index (χ0n) is 12.2. The minimum absolute atomic E-state index is 0.124. The molecule has 4 N–H and O–H groups in total. The minimum Gasteiger partial charge on any atom is -0.493 e. The van der Waals surface area contributed by atoms with Crippen LogP contribution in [-0.2, 0) is 4.79 Å². The van der Waals surface area contributed by atoms with Gasteiger partial charge in [0, 0.05) is 12.2 Å². The van der Waals surface area contributed by atoms with E-state index < -0.39 is 5.60 Å². The van der Waals surface area contributed by atoms with Crippen molar-refractivity contribution in [3.8, 4) is 5.75 Å². The maximum absolute atomic E-state index is 11.6. The molecule has 0 fully saturated rings. The summed E-state index contributed by atoms with van der Waals surface area (Å²) in [7, 11) is 0. The standard InChI is InChI=1S/C15H24N2O3/c1-3-15(19,4-2)11-17-14(18)9-10-20-13-7-5-12(16)6-8-13/h5-8,19H,3-4,9-11,16H2,1-2H3,(H,17,18). The summed E-state index contributed by atoms with van der Waals surface area (Å²) in [6.45, 7) is 4.38. The number of carbonyl (C=O) groups is 1. The van der Waals surface area contributed by atoms with E-state index in [1.54, 1.807) is 24.3 Å². The number of nitrogen functional groups attached to an aromatic ring is 1. The van der Waals surface area contributed by atoms with Crippen LogP contribution in [0, 0.1) is 0 Å². The van der Waals surface area contributed by atoms with Crippen LogP contribution < -0.4 is 15.8 Å². The molecule has 0 saturated carbocycles. The van der Waals surface area contributed by atoms with E-state index in [0.717, 1.165) is 0 Å². The number of ether oxygens (including phenoxy) is 1. The van der Waals surface area contributed by atoms with Gasteiger partial charge in [0.15, 0.2) is 0 Å². The molecular weight excluding hydrogens is 256 g/mol. The first-order valence-corrected chi connectivity index (χ1v) is 6.96. The Balaban J connectivity index is 2.25. The molecule has 0 radical (unpaired) electrons. The molecule has 0 saturated heterocycles. The average molecular weight is 280 g/mol. The predicted molar refractivity (Wildman–Crippen MR) is 79.5 cm³/mol. The van der Waals surface area contributed by atoms with Gasteiger partial charge in [-0.2, -0.15) is 0 Å². The van der Waals surface area contributed by atoms with Gasteiger partial charge in [-0.15, -0.1) is 0 Å². The van der Waals surface area contributed by atoms with E-state index in [2.05, 4.69) is 5.32 Å². The van der Waals surface area contributed by atoms with Gasteiger partial charge in [0.1, 0.15) is 5.75 Å². The molecule has 0 aromatic heterocycles. The van der Waals surface area contributed by atoms with E-state index in [4.69, 9.17) is 10.5 Å². The first kappa shape index (κ1) is 16.3. The molecule has 1 rings (SSSR count). The van der Waals surface area contributed by atoms with Crippen LogP contribution in [0.3, 0.4) is 0 Å². The molecule has 0 aliphatic rings. The zero-order chi connectivity index (χ0) is 15.0. The lowest BCUT2D eigenvalue weighted by molar-refractivity contribution is -0.122. The summed E-state index contributed by atoms with van der Waals surface area (Å²) in [4.78, 5) is 11.6. The second kappa shape index (κ2) is 7.75. The maximum Gasteiger partial charge on any atom is 0.223 e. The third-order valence-electron chi connectivity index (χ3n) is 3.41. The van der Waals surface area contributed by atoms with Crippen LogP contribution in [-0.4, -0.2) is 29.8 Å². The highest BCUT2D eigenvalue weighted by Gasteiger charge is 2.22. The van der Waals surface area contributed by atoms with E-state index in [-0.39, 0.29) is 18.9 Å². The number of nitrogens with one attached hydrogen (secondary N) is 1. The monoisotopic (exact) mass is 280 g/mol. The Kier molecular flexibility index (Phi) is 6.31. The number of nitrogens with two attached hydrogens (primary N) is 1. The molecule has 1 aromatic rings. The largest absolute Gasteiger partial charge is 0.493 e. The van der Waals surface area contributed by atoms with Gasteiger partial charge in [-0.1, -0.05) is 13.8 Å². The number of benzene rings is 1. The van der Waals surface area contributed by atoms with Crippen LogP contribution in [0.5, 0.6) is 5.75 Å². The topological polar surface area (TPSA) is 84.6 Å². The number of hydrogen-bond donors (Lipinski definition) is 3. The van der Waals surface area contributed by atoms with E-state index in [9.17, 15) is 9.90 Å². The molecule has 5 heteroatoms. The number of aliphatic hydroxyl groups is 1. The molecule has 20 heavy (non-hydrogen) atoms. The number of hydrogen-bond acceptors (Lipinski definition) is 4. The van der Waals surface area contributed by atoms with Gasteiger partial charge in [0.05, 0.1) is 18.6 Å². The lowest BCUT2D eigenvalue weighted by atomic mass is 9.97. The van der Waals surface area contributed by atoms with Crippen LogP contribution in [0.25, 0.3) is 0 Å². The molecule has 1 amide bonds. The second-order valence-electron chi connectivity index (χ2n) is 4.88. The Morgan fingerprint density at radius 3 is 2.45 bits per heavy atom. The molecule has 0 unspecified atom stereocenters. The van der Waals surface area contributed by atoms with Crippen molar-refractivity contribution in [3.63, 3.8) is 0 Å². The van der Waals surface area contributed by atoms with Gasteiger partial charge in [-0.25, -0.2) is 0 Å². The Hall–Kier alpha value is -1.75. The van der Waals surface area contributed by atoms with Crippen molar-refractivity contribution >= 4 is 11.6 Å². The number of amides is 1. The number of carbonyl (C=O) groups excluding carboxylic acids is 1. The normalized spacial score (nSPS) is 11.2. The third kappa shape index (κ3) is 5.48. The van der Waals surface area contributed by atoms with Crippen molar-refractivity contribution in [3.05, 3.63) is 24.3 Å². The van der Waals surface area contributed by atoms with Gasteiger partial charge >= 0.3 is 0 Å². The molecule has 1 aromatic carbocycles. The van der Waals surface area contributed by atoms with Gasteiger partial charge in [0.2, 0.25) is 5.91 Å². The summed E-state index contributed by atoms with van der Waals surface area (Å²) in [5, 5.41) is 12.8. The van der Waals surface area contributed by atoms with Crippen molar-refractivity contribution in [1.82, 2.24) is 5.32 Å². The summed E-state index contributed by atoms with van der Waals surface area (Å²) in [5.41, 5.74) is 5.43. The van der Waals surface area contributed by atoms with E-state index in [1.807, 2.05) is 13.8 Å². The highest BCUT2D eigenvalue weighted by molar-refractivity contribution is 5.76. The molecular formula is C15H24N2O3. The fraction of sp³-hybridized carbons (Fsp3) is 0.533. The van der Waals surface area contributed by atoms with Gasteiger partial charge < -0.3 is 20.9 Å². The fourth-order valence-electron chi connectivity index (χ4n) is 1.68. The van der Waals surface area contributed by atoms with Crippen LogP contribution in [0.1, 0.15) is 33.1 Å². The number of rotatable bonds is 8. The van der Waals surface area contributed by atoms with Crippen LogP contribution in [0.2, 0.25) is 0 Å². The first-order chi connectivity index (χ1) is 9.49. The Bertz CT molecular complexity index is 414. The SMILES string of the molecule is CCC(O)(CC)CNC(=O)CCOc1ccc(N)cc1. The summed E-state index contributed by atoms with van der Waals surface area (Å²) in [6.07, 6.45) is 1.49. The third-order valence-corrected chi connectivity index (χ3v) is 3.41. The van der Waals surface area contributed by atoms with Gasteiger partial charge in [-0.3, -0.25) is 4.79 Å². The smallest absolute Gasteiger partial charge is 0.223 e. The Morgan fingerprint density at radius 1 is 1.30 bits per heavy atom. The molecule has 5 nitrogen and oxygen atoms in total. The summed E-state index contributed by atoms with van der Waals surface area (Å²) in [6, 6.07) is 7.02. The lowest BCUT2D eigenvalue weighted by Gasteiger charge is -2.25. The van der Waals surface area contributed by atoms with Gasteiger partial charge in [0.25, 0.3) is 0 Å². The molecule has 0 aliphatic heterocycles. The van der Waals surface area contributed by atoms with Crippen LogP contribution in [0.15, 0.2) is 24.3 Å². The fourth-order valence-corrected chi connectivity index (χ4v) is 1.68. The molecule has 0 aliphatic carbocycles. The highest BCUT2D eigenvalue weighted by atomic mass is 16.5. The Labute approximate surface area is 120 Å². The second-order valence-corrected chi connectivity index (χ2v) is 4.88. The lowest BCUT2D eigenvalue weighted by Crippen LogP contribution is -2.42. The van der Waals surface area contributed by atoms with Crippen molar-refractivity contribution in [1.29, 1.82) is 0 Å². The highest BCUT2D eigenvalue weighted by Crippen LogP contribution is 2.14. The molecule has 0 heterocycles. The van der Waals surface area contributed by atoms with Crippen LogP contribution in [0.4, 0.5) is 5.69 Å². The van der Waals surface area contributed by atoms with E-state index in [1.165, 1.54) is 0 Å². The van der Waals surface area contributed by atoms with Gasteiger partial charge in [-0.05, 0) is 37.1 Å². The summed E-state index contributed by atoms with van der Waals surface area (Å²) in [5.74, 6) is 0.561. The summed E-state index contributed by atoms with van der Waals surface area (Å²) >= 11 is 0. The summed E-state index contributed by atoms with van der Waals surface area (Å²) < 4.78 is 5.44. The predicted octanol–water partition coefficient (Wildman–Crippen LogP) is 1.70. The number of anilines is 1. The average Bonchev–Trinajstić information content (AvgIpc) is 2.47. The van der Waals surface area contributed by atoms with Crippen LogP contribution >= 0.6 is 0 Å². The van der Waals surface area contributed by atoms with E-state index >= 15 is 0 Å². The molecule has 0 atom stereocenters. The van der Waals surface area contributed by atoms with Crippen molar-refractivity contribution in [2.24, 2.45) is 0 Å². The maximum atomic E-state index is 11.6. The minimum atomic E-state index is -0.812. The first-order valence-electron chi connectivity index (χ1n) is 6.96. The Morgan fingerprint density at radius 2 is 1.90 bits per heavy atom.